The Morgan fingerprint density at radius 2 is 1.77 bits per heavy atom. The van der Waals surface area contributed by atoms with Crippen molar-refractivity contribution in [1.29, 1.82) is 0 Å². The number of imidazole rings is 1. The van der Waals surface area contributed by atoms with Crippen LogP contribution in [0, 0.1) is 0 Å². The van der Waals surface area contributed by atoms with Crippen LogP contribution in [0.4, 0.5) is 0 Å². The zero-order valence-electron chi connectivity index (χ0n) is 6.61. The summed E-state index contributed by atoms with van der Waals surface area (Å²) in [4.78, 5) is 3.93. The molecule has 0 saturated carbocycles. The highest BCUT2D eigenvalue weighted by atomic mass is 35.5. The third-order valence-electron chi connectivity index (χ3n) is 1.65. The van der Waals surface area contributed by atoms with E-state index in [1.54, 1.807) is 18.6 Å². The molecule has 0 radical (unpaired) electrons. The maximum atomic E-state index is 5.85. The minimum Gasteiger partial charge on any atom is -0.306 e. The van der Waals surface area contributed by atoms with E-state index in [-0.39, 0.29) is 0 Å². The summed E-state index contributed by atoms with van der Waals surface area (Å²) in [5, 5.41) is 1.24. The van der Waals surface area contributed by atoms with Gasteiger partial charge >= 0.3 is 0 Å². The average Bonchev–Trinajstić information content (AvgIpc) is 2.53. The number of rotatable bonds is 1. The van der Waals surface area contributed by atoms with Crippen molar-refractivity contribution in [2.75, 3.05) is 0 Å². The molecule has 13 heavy (non-hydrogen) atoms. The lowest BCUT2D eigenvalue weighted by atomic mass is 10.3. The molecule has 66 valence electrons. The lowest BCUT2D eigenvalue weighted by Gasteiger charge is -2.02. The van der Waals surface area contributed by atoms with E-state index in [1.165, 1.54) is 0 Å². The third kappa shape index (κ3) is 1.85. The van der Waals surface area contributed by atoms with Gasteiger partial charge in [-0.3, -0.25) is 0 Å². The van der Waals surface area contributed by atoms with Crippen LogP contribution >= 0.6 is 23.2 Å². The molecule has 0 atom stereocenters. The molecule has 0 bridgehead atoms. The highest BCUT2D eigenvalue weighted by Gasteiger charge is 1.98. The molecule has 4 heteroatoms. The van der Waals surface area contributed by atoms with E-state index in [0.29, 0.717) is 10.0 Å². The first-order valence-electron chi connectivity index (χ1n) is 3.70. The predicted molar refractivity (Wildman–Crippen MR) is 53.6 cm³/mol. The molecular weight excluding hydrogens is 207 g/mol. The summed E-state index contributed by atoms with van der Waals surface area (Å²) < 4.78 is 1.84. The number of hydrogen-bond acceptors (Lipinski definition) is 1. The van der Waals surface area contributed by atoms with Crippen molar-refractivity contribution in [3.05, 3.63) is 47.0 Å². The molecule has 0 spiro atoms. The van der Waals surface area contributed by atoms with Crippen molar-refractivity contribution in [2.45, 2.75) is 0 Å². The fourth-order valence-corrected chi connectivity index (χ4v) is 1.61. The van der Waals surface area contributed by atoms with Crippen molar-refractivity contribution < 1.29 is 0 Å². The number of halogens is 2. The Morgan fingerprint density at radius 1 is 1.08 bits per heavy atom. The Morgan fingerprint density at radius 3 is 2.31 bits per heavy atom. The molecule has 0 aliphatic rings. The van der Waals surface area contributed by atoms with Crippen LogP contribution in [0.5, 0.6) is 0 Å². The zero-order valence-corrected chi connectivity index (χ0v) is 8.13. The van der Waals surface area contributed by atoms with E-state index in [1.807, 2.05) is 22.9 Å². The van der Waals surface area contributed by atoms with Crippen LogP contribution in [-0.4, -0.2) is 9.55 Å². The van der Waals surface area contributed by atoms with Crippen molar-refractivity contribution >= 4 is 23.2 Å². The summed E-state index contributed by atoms with van der Waals surface area (Å²) in [7, 11) is 0. The molecule has 2 nitrogen and oxygen atoms in total. The second-order valence-corrected chi connectivity index (χ2v) is 3.47. The van der Waals surface area contributed by atoms with Gasteiger partial charge in [0, 0.05) is 28.1 Å². The molecular formula is C9H6Cl2N2. The predicted octanol–water partition coefficient (Wildman–Crippen LogP) is 3.18. The molecule has 2 rings (SSSR count). The van der Waals surface area contributed by atoms with Crippen molar-refractivity contribution in [3.8, 4) is 5.69 Å². The molecule has 1 aromatic carbocycles. The number of aromatic nitrogens is 2. The van der Waals surface area contributed by atoms with Gasteiger partial charge in [0.2, 0.25) is 0 Å². The monoisotopic (exact) mass is 212 g/mol. The molecule has 1 heterocycles. The van der Waals surface area contributed by atoms with Gasteiger partial charge < -0.3 is 4.57 Å². The van der Waals surface area contributed by atoms with Gasteiger partial charge in [-0.2, -0.15) is 0 Å². The van der Waals surface area contributed by atoms with Crippen LogP contribution in [0.25, 0.3) is 5.69 Å². The molecule has 0 saturated heterocycles. The molecule has 2 aromatic rings. The molecule has 0 fully saturated rings. The van der Waals surface area contributed by atoms with E-state index in [4.69, 9.17) is 23.2 Å². The Labute approximate surface area is 85.7 Å². The zero-order chi connectivity index (χ0) is 9.26. The number of benzene rings is 1. The second kappa shape index (κ2) is 3.40. The summed E-state index contributed by atoms with van der Waals surface area (Å²) in [6.45, 7) is 0. The SMILES string of the molecule is Clc1cc(Cl)cc(-n2ccnc2)c1. The number of hydrogen-bond donors (Lipinski definition) is 0. The van der Waals surface area contributed by atoms with Gasteiger partial charge in [0.1, 0.15) is 0 Å². The maximum absolute atomic E-state index is 5.85. The van der Waals surface area contributed by atoms with Gasteiger partial charge in [0.05, 0.1) is 6.33 Å². The minimum atomic E-state index is 0.621. The van der Waals surface area contributed by atoms with E-state index >= 15 is 0 Å². The van der Waals surface area contributed by atoms with Crippen LogP contribution in [-0.2, 0) is 0 Å². The normalized spacial score (nSPS) is 10.3. The van der Waals surface area contributed by atoms with Crippen molar-refractivity contribution in [1.82, 2.24) is 9.55 Å². The largest absolute Gasteiger partial charge is 0.306 e. The first-order chi connectivity index (χ1) is 6.25. The Balaban J connectivity index is 2.53. The third-order valence-corrected chi connectivity index (χ3v) is 2.09. The van der Waals surface area contributed by atoms with E-state index < -0.39 is 0 Å². The highest BCUT2D eigenvalue weighted by Crippen LogP contribution is 2.21. The smallest absolute Gasteiger partial charge is 0.0991 e. The fraction of sp³-hybridized carbons (Fsp3) is 0. The summed E-state index contributed by atoms with van der Waals surface area (Å²) in [5.41, 5.74) is 0.912. The van der Waals surface area contributed by atoms with E-state index in [0.717, 1.165) is 5.69 Å². The highest BCUT2D eigenvalue weighted by molar-refractivity contribution is 6.34. The molecule has 0 aliphatic heterocycles. The van der Waals surface area contributed by atoms with Crippen molar-refractivity contribution in [2.24, 2.45) is 0 Å². The van der Waals surface area contributed by atoms with Crippen LogP contribution in [0.1, 0.15) is 0 Å². The van der Waals surface area contributed by atoms with Crippen LogP contribution in [0.2, 0.25) is 10.0 Å². The van der Waals surface area contributed by atoms with Gasteiger partial charge in [-0.1, -0.05) is 23.2 Å². The molecule has 0 amide bonds. The van der Waals surface area contributed by atoms with E-state index in [9.17, 15) is 0 Å². The van der Waals surface area contributed by atoms with Crippen LogP contribution in [0.15, 0.2) is 36.9 Å². The lowest BCUT2D eigenvalue weighted by Crippen LogP contribution is -1.89. The van der Waals surface area contributed by atoms with Crippen LogP contribution < -0.4 is 0 Å². The van der Waals surface area contributed by atoms with Crippen molar-refractivity contribution in [3.63, 3.8) is 0 Å². The Bertz CT molecular complexity index is 389. The second-order valence-electron chi connectivity index (χ2n) is 2.60. The molecule has 1 aromatic heterocycles. The maximum Gasteiger partial charge on any atom is 0.0991 e. The molecule has 0 N–H and O–H groups in total. The summed E-state index contributed by atoms with van der Waals surface area (Å²) in [6.07, 6.45) is 5.23. The average molecular weight is 213 g/mol. The summed E-state index contributed by atoms with van der Waals surface area (Å²) in [5.74, 6) is 0. The Hall–Kier alpha value is -0.990. The van der Waals surface area contributed by atoms with E-state index in [2.05, 4.69) is 4.98 Å². The van der Waals surface area contributed by atoms with Gasteiger partial charge in [0.25, 0.3) is 0 Å². The summed E-state index contributed by atoms with van der Waals surface area (Å²) in [6, 6.07) is 5.35. The quantitative estimate of drug-likeness (QED) is 0.711. The van der Waals surface area contributed by atoms with Gasteiger partial charge in [0.15, 0.2) is 0 Å². The van der Waals surface area contributed by atoms with Gasteiger partial charge in [-0.05, 0) is 18.2 Å². The standard InChI is InChI=1S/C9H6Cl2N2/c10-7-3-8(11)5-9(4-7)13-2-1-12-6-13/h1-6H. The first kappa shape index (κ1) is 8.60. The molecule has 0 aliphatic carbocycles. The number of nitrogens with zero attached hydrogens (tertiary/aromatic N) is 2. The van der Waals surface area contributed by atoms with Crippen LogP contribution in [0.3, 0.4) is 0 Å². The summed E-state index contributed by atoms with van der Waals surface area (Å²) >= 11 is 11.7. The fourth-order valence-electron chi connectivity index (χ4n) is 1.10. The lowest BCUT2D eigenvalue weighted by molar-refractivity contribution is 1.06. The Kier molecular flexibility index (Phi) is 2.25. The minimum absolute atomic E-state index is 0.621. The van der Waals surface area contributed by atoms with Gasteiger partial charge in [-0.25, -0.2) is 4.98 Å². The topological polar surface area (TPSA) is 17.8 Å². The van der Waals surface area contributed by atoms with Gasteiger partial charge in [-0.15, -0.1) is 0 Å². The first-order valence-corrected chi connectivity index (χ1v) is 4.46. The molecule has 0 unspecified atom stereocenters.